The zero-order chi connectivity index (χ0) is 53.8. The molecule has 2 unspecified atom stereocenters. The third-order valence-electron chi connectivity index (χ3n) is 16.1. The topological polar surface area (TPSA) is 77.4 Å². The van der Waals surface area contributed by atoms with Crippen LogP contribution in [0.25, 0.3) is 0 Å². The summed E-state index contributed by atoms with van der Waals surface area (Å²) < 4.78 is 24.0. The third kappa shape index (κ3) is 52.1. The molecule has 1 saturated heterocycles. The van der Waals surface area contributed by atoms with Gasteiger partial charge >= 0.3 is 0 Å². The Kier molecular flexibility index (Phi) is 61.0. The van der Waals surface area contributed by atoms with Gasteiger partial charge in [0, 0.05) is 19.4 Å². The standard InChI is InChI=1S/2C34H68O3/c1-3-5-7-9-11-13-15-17-19-21-23-25-27-29-34(36-32-33(31-35)37-34)30-28-26-24-22-20-18-16-14-12-10-8-6-4-2;1-4-6-8-10-12-14-16-18-20-22-24-26-28-30-36-33(3)34(32-35)37-31-29-27-25-23-21-19-17-15-13-11-9-7-5-2/h33,35H,3-32H2,1-2H3;34-35H,3-32H2,1-2H3. The van der Waals surface area contributed by atoms with Gasteiger partial charge in [0.05, 0.1) is 26.4 Å². The van der Waals surface area contributed by atoms with Crippen LogP contribution in [0, 0.1) is 0 Å². The largest absolute Gasteiger partial charge is 0.496 e. The van der Waals surface area contributed by atoms with Crippen molar-refractivity contribution in [1.29, 1.82) is 0 Å². The lowest BCUT2D eigenvalue weighted by molar-refractivity contribution is -0.182. The zero-order valence-electron chi connectivity index (χ0n) is 51.1. The van der Waals surface area contributed by atoms with Gasteiger partial charge < -0.3 is 29.2 Å². The van der Waals surface area contributed by atoms with Crippen LogP contribution in [-0.4, -0.2) is 61.2 Å². The summed E-state index contributed by atoms with van der Waals surface area (Å²) in [5.41, 5.74) is 0. The second kappa shape index (κ2) is 61.6. The van der Waals surface area contributed by atoms with Gasteiger partial charge in [-0.15, -0.1) is 0 Å². The molecule has 2 atom stereocenters. The second-order valence-corrected chi connectivity index (χ2v) is 23.5. The minimum atomic E-state index is -0.414. The molecule has 74 heavy (non-hydrogen) atoms. The van der Waals surface area contributed by atoms with Crippen LogP contribution in [0.5, 0.6) is 0 Å². The van der Waals surface area contributed by atoms with Crippen LogP contribution in [0.15, 0.2) is 12.3 Å². The van der Waals surface area contributed by atoms with Gasteiger partial charge in [-0.25, -0.2) is 0 Å². The number of unbranched alkanes of at least 4 members (excludes halogenated alkanes) is 48. The third-order valence-corrected chi connectivity index (χ3v) is 16.1. The highest BCUT2D eigenvalue weighted by Gasteiger charge is 2.40. The number of aliphatic hydroxyl groups excluding tert-OH is 2. The molecule has 0 aromatic heterocycles. The smallest absolute Gasteiger partial charge is 0.169 e. The van der Waals surface area contributed by atoms with E-state index in [0.717, 1.165) is 25.7 Å². The Morgan fingerprint density at radius 3 is 0.905 bits per heavy atom. The summed E-state index contributed by atoms with van der Waals surface area (Å²) in [6.07, 6.45) is 72.5. The molecule has 1 aliphatic rings. The van der Waals surface area contributed by atoms with Gasteiger partial charge in [-0.1, -0.05) is 342 Å². The first kappa shape index (κ1) is 73.3. The molecule has 6 heteroatoms. The summed E-state index contributed by atoms with van der Waals surface area (Å²) in [7, 11) is 0. The number of hydrogen-bond acceptors (Lipinski definition) is 6. The van der Waals surface area contributed by atoms with Gasteiger partial charge in [0.1, 0.15) is 18.0 Å². The zero-order valence-corrected chi connectivity index (χ0v) is 51.1. The van der Waals surface area contributed by atoms with E-state index in [4.69, 9.17) is 18.9 Å². The number of aliphatic hydroxyl groups is 2. The van der Waals surface area contributed by atoms with Crippen molar-refractivity contribution >= 4 is 0 Å². The molecule has 2 N–H and O–H groups in total. The van der Waals surface area contributed by atoms with Gasteiger partial charge in [-0.3, -0.25) is 0 Å². The van der Waals surface area contributed by atoms with Crippen LogP contribution in [0.4, 0.5) is 0 Å². The Morgan fingerprint density at radius 2 is 0.649 bits per heavy atom. The predicted octanol–water partition coefficient (Wildman–Crippen LogP) is 22.1. The van der Waals surface area contributed by atoms with Gasteiger partial charge in [0.2, 0.25) is 0 Å². The normalized spacial score (nSPS) is 14.6. The van der Waals surface area contributed by atoms with Crippen molar-refractivity contribution in [3.63, 3.8) is 0 Å². The average molecular weight is 1050 g/mol. The minimum absolute atomic E-state index is 0.0458. The Labute approximate surface area is 465 Å². The molecule has 1 rings (SSSR count). The Hall–Kier alpha value is -0.660. The molecular weight excluding hydrogens is 913 g/mol. The highest BCUT2D eigenvalue weighted by molar-refractivity contribution is 4.92. The van der Waals surface area contributed by atoms with Crippen molar-refractivity contribution in [2.24, 2.45) is 0 Å². The first-order valence-corrected chi connectivity index (χ1v) is 34.0. The molecule has 0 aromatic carbocycles. The molecule has 444 valence electrons. The van der Waals surface area contributed by atoms with Crippen molar-refractivity contribution in [2.75, 3.05) is 33.0 Å². The van der Waals surface area contributed by atoms with Gasteiger partial charge in [-0.2, -0.15) is 0 Å². The fourth-order valence-corrected chi connectivity index (χ4v) is 10.9. The quantitative estimate of drug-likeness (QED) is 0.0467. The minimum Gasteiger partial charge on any atom is -0.496 e. The van der Waals surface area contributed by atoms with Crippen molar-refractivity contribution in [1.82, 2.24) is 0 Å². The van der Waals surface area contributed by atoms with E-state index >= 15 is 0 Å². The Bertz CT molecular complexity index is 1020. The van der Waals surface area contributed by atoms with Crippen LogP contribution in [0.1, 0.15) is 374 Å². The van der Waals surface area contributed by atoms with Crippen LogP contribution in [0.2, 0.25) is 0 Å². The second-order valence-electron chi connectivity index (χ2n) is 23.5. The van der Waals surface area contributed by atoms with Crippen LogP contribution in [0.3, 0.4) is 0 Å². The van der Waals surface area contributed by atoms with Crippen molar-refractivity contribution in [3.05, 3.63) is 12.3 Å². The summed E-state index contributed by atoms with van der Waals surface area (Å²) >= 11 is 0. The Morgan fingerprint density at radius 1 is 0.392 bits per heavy atom. The first-order valence-electron chi connectivity index (χ1n) is 34.0. The molecule has 0 amide bonds. The van der Waals surface area contributed by atoms with E-state index in [9.17, 15) is 10.2 Å². The molecule has 0 spiro atoms. The van der Waals surface area contributed by atoms with E-state index in [0.29, 0.717) is 25.6 Å². The summed E-state index contributed by atoms with van der Waals surface area (Å²) in [4.78, 5) is 0. The lowest BCUT2D eigenvalue weighted by atomic mass is 9.98. The summed E-state index contributed by atoms with van der Waals surface area (Å²) in [5, 5.41) is 19.2. The van der Waals surface area contributed by atoms with Crippen LogP contribution in [-0.2, 0) is 18.9 Å². The molecule has 0 aliphatic carbocycles. The number of hydrogen-bond donors (Lipinski definition) is 2. The van der Waals surface area contributed by atoms with Gasteiger partial charge in [0.25, 0.3) is 0 Å². The van der Waals surface area contributed by atoms with E-state index in [1.807, 2.05) is 0 Å². The fourth-order valence-electron chi connectivity index (χ4n) is 10.9. The molecule has 0 bridgehead atoms. The Balaban J connectivity index is 0.00000144. The molecule has 0 saturated carbocycles. The lowest BCUT2D eigenvalue weighted by Gasteiger charge is -2.28. The van der Waals surface area contributed by atoms with E-state index in [-0.39, 0.29) is 25.4 Å². The van der Waals surface area contributed by atoms with Crippen LogP contribution >= 0.6 is 0 Å². The maximum absolute atomic E-state index is 9.65. The SMILES string of the molecule is C=C(OCCCCCCCCCCCCCCC)C(CO)OCCCCCCCCCCCCCCC.CCCCCCCCCCCCCCCC1(CCCCCCCCCCCCCCC)OCC(CO)O1. The van der Waals surface area contributed by atoms with Crippen molar-refractivity contribution in [2.45, 2.75) is 392 Å². The van der Waals surface area contributed by atoms with E-state index in [1.165, 1.54) is 321 Å². The van der Waals surface area contributed by atoms with Crippen LogP contribution < -0.4 is 0 Å². The maximum Gasteiger partial charge on any atom is 0.169 e. The lowest BCUT2D eigenvalue weighted by Crippen LogP contribution is -2.31. The first-order chi connectivity index (χ1) is 36.5. The predicted molar refractivity (Wildman–Crippen MR) is 325 cm³/mol. The highest BCUT2D eigenvalue weighted by atomic mass is 16.7. The summed E-state index contributed by atoms with van der Waals surface area (Å²) in [5.74, 6) is 0.180. The molecule has 6 nitrogen and oxygen atoms in total. The van der Waals surface area contributed by atoms with Gasteiger partial charge in [-0.05, 0) is 25.7 Å². The molecule has 0 aromatic rings. The number of ether oxygens (including phenoxy) is 4. The average Bonchev–Trinajstić information content (AvgIpc) is 3.83. The van der Waals surface area contributed by atoms with E-state index < -0.39 is 5.79 Å². The molecule has 1 aliphatic heterocycles. The molecule has 1 fully saturated rings. The van der Waals surface area contributed by atoms with E-state index in [2.05, 4.69) is 34.3 Å². The van der Waals surface area contributed by atoms with Crippen molar-refractivity contribution in [3.8, 4) is 0 Å². The summed E-state index contributed by atoms with van der Waals surface area (Å²) in [6, 6.07) is 0. The van der Waals surface area contributed by atoms with E-state index in [1.54, 1.807) is 0 Å². The highest BCUT2D eigenvalue weighted by Crippen LogP contribution is 2.35. The van der Waals surface area contributed by atoms with Gasteiger partial charge in [0.15, 0.2) is 5.79 Å². The maximum atomic E-state index is 9.65. The molecular formula is C68H136O6. The monoisotopic (exact) mass is 1050 g/mol. The number of rotatable bonds is 61. The fraction of sp³-hybridized carbons (Fsp3) is 0.971. The molecule has 0 radical (unpaired) electrons. The van der Waals surface area contributed by atoms with Crippen molar-refractivity contribution < 1.29 is 29.2 Å². The summed E-state index contributed by atoms with van der Waals surface area (Å²) in [6.45, 7) is 15.1. The molecule has 1 heterocycles.